The Bertz CT molecular complexity index is 542. The van der Waals surface area contributed by atoms with Gasteiger partial charge in [-0.1, -0.05) is 12.1 Å². The molecule has 0 spiro atoms. The summed E-state index contributed by atoms with van der Waals surface area (Å²) in [7, 11) is 1.95. The molecule has 1 atom stereocenters. The van der Waals surface area contributed by atoms with Crippen LogP contribution in [0.15, 0.2) is 36.7 Å². The fourth-order valence-electron chi connectivity index (χ4n) is 2.38. The van der Waals surface area contributed by atoms with Crippen molar-refractivity contribution in [3.05, 3.63) is 53.3 Å². The second-order valence-corrected chi connectivity index (χ2v) is 4.36. The molecule has 0 bridgehead atoms. The van der Waals surface area contributed by atoms with Gasteiger partial charge in [0.25, 0.3) is 0 Å². The van der Waals surface area contributed by atoms with Crippen LogP contribution in [-0.2, 0) is 6.42 Å². The third-order valence-electron chi connectivity index (χ3n) is 3.28. The van der Waals surface area contributed by atoms with Crippen molar-refractivity contribution < 1.29 is 4.74 Å². The molecule has 0 saturated heterocycles. The molecular formula is C14H15N3O. The van der Waals surface area contributed by atoms with Gasteiger partial charge >= 0.3 is 0 Å². The summed E-state index contributed by atoms with van der Waals surface area (Å²) in [4.78, 5) is 0. The Balaban J connectivity index is 1.97. The summed E-state index contributed by atoms with van der Waals surface area (Å²) in [5.41, 5.74) is 3.64. The lowest BCUT2D eigenvalue weighted by Gasteiger charge is -2.17. The van der Waals surface area contributed by atoms with Crippen LogP contribution in [0.4, 0.5) is 0 Å². The molecule has 0 radical (unpaired) electrons. The average molecular weight is 241 g/mol. The molecule has 18 heavy (non-hydrogen) atoms. The van der Waals surface area contributed by atoms with Crippen LogP contribution in [0.2, 0.25) is 0 Å². The zero-order valence-corrected chi connectivity index (χ0v) is 10.3. The predicted octanol–water partition coefficient (Wildman–Crippen LogP) is 1.72. The molecule has 2 aromatic rings. The second kappa shape index (κ2) is 4.74. The summed E-state index contributed by atoms with van der Waals surface area (Å²) in [6.07, 6.45) is 4.51. The Morgan fingerprint density at radius 3 is 2.94 bits per heavy atom. The van der Waals surface area contributed by atoms with Gasteiger partial charge in [0.1, 0.15) is 5.75 Å². The van der Waals surface area contributed by atoms with Crippen molar-refractivity contribution in [1.82, 2.24) is 15.5 Å². The lowest BCUT2D eigenvalue weighted by molar-refractivity contribution is 0.357. The highest BCUT2D eigenvalue weighted by Gasteiger charge is 2.17. The van der Waals surface area contributed by atoms with Gasteiger partial charge in [0.05, 0.1) is 18.8 Å². The molecule has 0 saturated carbocycles. The number of hydrogen-bond donors (Lipinski definition) is 1. The number of aromatic nitrogens is 2. The van der Waals surface area contributed by atoms with E-state index in [0.29, 0.717) is 0 Å². The van der Waals surface area contributed by atoms with Crippen LogP contribution in [0.25, 0.3) is 0 Å². The maximum absolute atomic E-state index is 5.53. The molecule has 1 aliphatic heterocycles. The van der Waals surface area contributed by atoms with Crippen LogP contribution < -0.4 is 10.1 Å². The van der Waals surface area contributed by atoms with Crippen molar-refractivity contribution >= 4 is 0 Å². The largest absolute Gasteiger partial charge is 0.493 e. The zero-order chi connectivity index (χ0) is 12.4. The van der Waals surface area contributed by atoms with Gasteiger partial charge in [-0.2, -0.15) is 10.2 Å². The Kier molecular flexibility index (Phi) is 2.94. The lowest BCUT2D eigenvalue weighted by Crippen LogP contribution is -2.18. The molecule has 2 heterocycles. The smallest absolute Gasteiger partial charge is 0.122 e. The van der Waals surface area contributed by atoms with Gasteiger partial charge in [0.15, 0.2) is 0 Å². The van der Waals surface area contributed by atoms with Crippen LogP contribution in [0, 0.1) is 0 Å². The molecule has 1 aromatic carbocycles. The van der Waals surface area contributed by atoms with Crippen LogP contribution in [0.1, 0.15) is 22.7 Å². The van der Waals surface area contributed by atoms with Gasteiger partial charge in [-0.3, -0.25) is 0 Å². The van der Waals surface area contributed by atoms with Crippen molar-refractivity contribution in [1.29, 1.82) is 0 Å². The monoisotopic (exact) mass is 241 g/mol. The van der Waals surface area contributed by atoms with Crippen LogP contribution in [0.3, 0.4) is 0 Å². The quantitative estimate of drug-likeness (QED) is 0.888. The minimum absolute atomic E-state index is 0.145. The molecule has 1 aliphatic rings. The molecular weight excluding hydrogens is 226 g/mol. The van der Waals surface area contributed by atoms with Crippen LogP contribution in [0.5, 0.6) is 5.75 Å². The summed E-state index contributed by atoms with van der Waals surface area (Å²) >= 11 is 0. The number of hydrogen-bond acceptors (Lipinski definition) is 4. The molecule has 1 unspecified atom stereocenters. The standard InChI is InChI=1S/C14H15N3O/c1-15-14(12-4-6-16-17-9-12)11-2-3-13-10(8-11)5-7-18-13/h2-4,6,8-9,14-15H,5,7H2,1H3. The van der Waals surface area contributed by atoms with E-state index in [4.69, 9.17) is 4.74 Å². The van der Waals surface area contributed by atoms with E-state index in [1.54, 1.807) is 12.4 Å². The number of nitrogens with zero attached hydrogens (tertiary/aromatic N) is 2. The molecule has 1 N–H and O–H groups in total. The normalized spacial score (nSPS) is 14.9. The number of nitrogens with one attached hydrogen (secondary N) is 1. The molecule has 0 fully saturated rings. The molecule has 0 aliphatic carbocycles. The topological polar surface area (TPSA) is 47.0 Å². The average Bonchev–Trinajstić information content (AvgIpc) is 2.88. The first-order valence-electron chi connectivity index (χ1n) is 6.08. The van der Waals surface area contributed by atoms with Crippen LogP contribution in [-0.4, -0.2) is 23.9 Å². The minimum Gasteiger partial charge on any atom is -0.493 e. The Morgan fingerprint density at radius 1 is 1.22 bits per heavy atom. The summed E-state index contributed by atoms with van der Waals surface area (Å²) in [5, 5.41) is 11.1. The highest BCUT2D eigenvalue weighted by molar-refractivity contribution is 5.42. The van der Waals surface area contributed by atoms with E-state index in [-0.39, 0.29) is 6.04 Å². The Labute approximate surface area is 106 Å². The summed E-state index contributed by atoms with van der Waals surface area (Å²) in [6.45, 7) is 0.791. The first-order chi connectivity index (χ1) is 8.88. The highest BCUT2D eigenvalue weighted by atomic mass is 16.5. The van der Waals surface area contributed by atoms with Gasteiger partial charge in [0.2, 0.25) is 0 Å². The molecule has 4 heteroatoms. The van der Waals surface area contributed by atoms with E-state index in [1.807, 2.05) is 13.1 Å². The highest BCUT2D eigenvalue weighted by Crippen LogP contribution is 2.30. The van der Waals surface area contributed by atoms with Crippen molar-refractivity contribution in [3.63, 3.8) is 0 Å². The summed E-state index contributed by atoms with van der Waals surface area (Å²) in [5.74, 6) is 1.02. The Hall–Kier alpha value is -1.94. The SMILES string of the molecule is CNC(c1ccnnc1)c1ccc2c(c1)CCO2. The third-order valence-corrected chi connectivity index (χ3v) is 3.28. The third kappa shape index (κ3) is 1.95. The van der Waals surface area contributed by atoms with E-state index in [9.17, 15) is 0 Å². The summed E-state index contributed by atoms with van der Waals surface area (Å²) in [6, 6.07) is 8.50. The van der Waals surface area contributed by atoms with Crippen molar-refractivity contribution in [3.8, 4) is 5.75 Å². The van der Waals surface area contributed by atoms with Crippen molar-refractivity contribution in [2.24, 2.45) is 0 Å². The van der Waals surface area contributed by atoms with E-state index >= 15 is 0 Å². The van der Waals surface area contributed by atoms with E-state index < -0.39 is 0 Å². The molecule has 0 amide bonds. The van der Waals surface area contributed by atoms with Gasteiger partial charge in [0, 0.05) is 12.6 Å². The zero-order valence-electron chi connectivity index (χ0n) is 10.3. The van der Waals surface area contributed by atoms with Gasteiger partial charge in [-0.05, 0) is 35.9 Å². The first-order valence-corrected chi connectivity index (χ1v) is 6.08. The molecule has 3 rings (SSSR count). The van der Waals surface area contributed by atoms with Crippen molar-refractivity contribution in [2.75, 3.05) is 13.7 Å². The number of ether oxygens (including phenoxy) is 1. The van der Waals surface area contributed by atoms with Gasteiger partial charge in [-0.25, -0.2) is 0 Å². The van der Waals surface area contributed by atoms with Crippen molar-refractivity contribution in [2.45, 2.75) is 12.5 Å². The second-order valence-electron chi connectivity index (χ2n) is 4.36. The molecule has 92 valence electrons. The molecule has 1 aromatic heterocycles. The fourth-order valence-corrected chi connectivity index (χ4v) is 2.38. The van der Waals surface area contributed by atoms with Gasteiger partial charge in [-0.15, -0.1) is 0 Å². The predicted molar refractivity (Wildman–Crippen MR) is 68.6 cm³/mol. The van der Waals surface area contributed by atoms with Gasteiger partial charge < -0.3 is 10.1 Å². The minimum atomic E-state index is 0.145. The number of rotatable bonds is 3. The maximum Gasteiger partial charge on any atom is 0.122 e. The summed E-state index contributed by atoms with van der Waals surface area (Å²) < 4.78 is 5.53. The number of fused-ring (bicyclic) bond motifs is 1. The number of benzene rings is 1. The van der Waals surface area contributed by atoms with E-state index in [2.05, 4.69) is 33.7 Å². The fraction of sp³-hybridized carbons (Fsp3) is 0.286. The lowest BCUT2D eigenvalue weighted by atomic mass is 9.98. The Morgan fingerprint density at radius 2 is 2.17 bits per heavy atom. The van der Waals surface area contributed by atoms with E-state index in [1.165, 1.54) is 11.1 Å². The van der Waals surface area contributed by atoms with E-state index in [0.717, 1.165) is 24.3 Å². The molecule has 4 nitrogen and oxygen atoms in total. The van der Waals surface area contributed by atoms with Crippen LogP contribution >= 0.6 is 0 Å². The first kappa shape index (κ1) is 11.2. The maximum atomic E-state index is 5.53.